The van der Waals surface area contributed by atoms with E-state index in [0.717, 1.165) is 91.1 Å². The molecule has 15 aromatic rings. The fraction of sp³-hybridized carbons (Fsp3) is 0.0899. The highest BCUT2D eigenvalue weighted by Gasteiger charge is 2.11. The molecule has 0 spiro atoms. The SMILES string of the molecule is CCc1ccc(Oc2ccc(-c3cncs3)cc2)nc1.Cc1cc(Oc2ccc(-c3ccccc3)nc2)ncc1N.Cc1ccccc1-c1ccc(Oc2ccc(N)c(C)n2)cc1C.Cc1nc(Oc2ccc(-c3ccccc3)nc2)ccc1N.Nc1ccc(Cc2ccc(-c3ccc(F)cc3)cc2)cc1. The summed E-state index contributed by atoms with van der Waals surface area (Å²) >= 11 is 1.63. The molecule has 0 aliphatic heterocycles. The Morgan fingerprint density at radius 1 is 0.349 bits per heavy atom. The van der Waals surface area contributed by atoms with Gasteiger partial charge in [-0.05, 0) is 206 Å². The highest BCUT2D eigenvalue weighted by molar-refractivity contribution is 7.13. The molecule has 8 N–H and O–H groups in total. The van der Waals surface area contributed by atoms with Gasteiger partial charge in [-0.15, -0.1) is 11.3 Å². The molecule has 0 radical (unpaired) electrons. The summed E-state index contributed by atoms with van der Waals surface area (Å²) in [5.41, 5.74) is 45.8. The van der Waals surface area contributed by atoms with Crippen molar-refractivity contribution in [3.63, 3.8) is 0 Å². The van der Waals surface area contributed by atoms with Gasteiger partial charge in [-0.3, -0.25) is 15.0 Å². The third kappa shape index (κ3) is 21.4. The molecule has 17 heteroatoms. The average Bonchev–Trinajstić information content (AvgIpc) is 1.04. The average molecular weight is 1420 g/mol. The van der Waals surface area contributed by atoms with Gasteiger partial charge in [0.15, 0.2) is 0 Å². The lowest BCUT2D eigenvalue weighted by atomic mass is 9.97. The van der Waals surface area contributed by atoms with E-state index in [1.54, 1.807) is 66.3 Å². The van der Waals surface area contributed by atoms with E-state index in [1.807, 2.05) is 202 Å². The maximum absolute atomic E-state index is 12.9. The Morgan fingerprint density at radius 3 is 1.34 bits per heavy atom. The second-order valence-corrected chi connectivity index (χ2v) is 25.5. The topological polar surface area (TPSA) is 231 Å². The van der Waals surface area contributed by atoms with Crippen molar-refractivity contribution in [2.24, 2.45) is 0 Å². The van der Waals surface area contributed by atoms with Crippen molar-refractivity contribution in [3.8, 4) is 102 Å². The summed E-state index contributed by atoms with van der Waals surface area (Å²) in [5, 5.41) is 0. The Hall–Kier alpha value is -13.4. The molecule has 8 aromatic carbocycles. The number of hydrogen-bond acceptors (Lipinski definition) is 16. The summed E-state index contributed by atoms with van der Waals surface area (Å²) in [5.74, 6) is 4.84. The molecule has 0 bridgehead atoms. The predicted octanol–water partition coefficient (Wildman–Crippen LogP) is 21.9. The van der Waals surface area contributed by atoms with Crippen LogP contribution in [0.4, 0.5) is 27.1 Å². The highest BCUT2D eigenvalue weighted by Crippen LogP contribution is 2.33. The molecule has 528 valence electrons. The molecular weight excluding hydrogens is 1340 g/mol. The van der Waals surface area contributed by atoms with Crippen LogP contribution in [-0.2, 0) is 12.8 Å². The standard InChI is InChI=1S/C20H20N2O.C19H16FN.2C17H15N3O.C16H14N2OS/c1-13-6-4-5-7-17(13)18-9-8-16(12-14(18)2)23-20-11-10-19(21)15(3)22-20;20-18-9-7-17(8-10-18)16-5-1-14(2-6-16)13-15-3-11-19(21)12-4-15;1-12-15(18)8-10-17(20-12)21-14-7-9-16(19-11-14)13-5-3-2-4-6-13;1-12-9-17(20-11-15(12)18)21-14-7-8-16(19-10-14)13-5-3-2-4-6-13;1-2-12-3-8-16(18-9-12)19-14-6-4-13(5-7-14)15-10-17-11-20-15/h4-12H,21H2,1-3H3;1-12H,13,21H2;2*2-11H,18H2,1H3;3-11H,2H2,1H3. The number of nitrogens with zero attached hydrogens (tertiary/aromatic N) is 7. The lowest BCUT2D eigenvalue weighted by molar-refractivity contribution is 0.460. The maximum Gasteiger partial charge on any atom is 0.219 e. The van der Waals surface area contributed by atoms with E-state index in [1.165, 1.54) is 51.1 Å². The molecular formula is C89H80FN11O4S. The quantitative estimate of drug-likeness (QED) is 0.0659. The number of anilines is 4. The van der Waals surface area contributed by atoms with E-state index >= 15 is 0 Å². The van der Waals surface area contributed by atoms with E-state index < -0.39 is 0 Å². The number of ether oxygens (including phenoxy) is 4. The minimum absolute atomic E-state index is 0.210. The Morgan fingerprint density at radius 2 is 0.830 bits per heavy atom. The van der Waals surface area contributed by atoms with Gasteiger partial charge < -0.3 is 41.9 Å². The molecule has 15 rings (SSSR count). The molecule has 7 heterocycles. The van der Waals surface area contributed by atoms with Crippen molar-refractivity contribution < 1.29 is 23.3 Å². The van der Waals surface area contributed by atoms with Crippen LogP contribution in [0.25, 0.3) is 55.2 Å². The molecule has 0 fully saturated rings. The normalized spacial score (nSPS) is 10.4. The van der Waals surface area contributed by atoms with Gasteiger partial charge in [0.2, 0.25) is 23.5 Å². The van der Waals surface area contributed by atoms with E-state index in [-0.39, 0.29) is 5.82 Å². The molecule has 7 aromatic heterocycles. The second-order valence-electron chi connectivity index (χ2n) is 24.6. The molecule has 0 unspecified atom stereocenters. The first-order chi connectivity index (χ1) is 51.5. The van der Waals surface area contributed by atoms with Gasteiger partial charge in [0.05, 0.1) is 68.8 Å². The van der Waals surface area contributed by atoms with Crippen LogP contribution in [0.3, 0.4) is 0 Å². The molecule has 0 amide bonds. The number of nitrogen functional groups attached to an aromatic ring is 4. The molecule has 106 heavy (non-hydrogen) atoms. The number of aromatic nitrogens is 7. The van der Waals surface area contributed by atoms with Crippen LogP contribution < -0.4 is 41.9 Å². The van der Waals surface area contributed by atoms with Crippen molar-refractivity contribution in [2.75, 3.05) is 22.9 Å². The summed E-state index contributed by atoms with van der Waals surface area (Å²) in [6.07, 6.45) is 10.6. The summed E-state index contributed by atoms with van der Waals surface area (Å²) in [6, 6.07) is 85.8. The van der Waals surface area contributed by atoms with Gasteiger partial charge in [0, 0.05) is 53.5 Å². The summed E-state index contributed by atoms with van der Waals surface area (Å²) in [4.78, 5) is 31.1. The van der Waals surface area contributed by atoms with Crippen molar-refractivity contribution >= 4 is 34.1 Å². The first kappa shape index (κ1) is 73.8. The van der Waals surface area contributed by atoms with E-state index in [9.17, 15) is 4.39 Å². The first-order valence-electron chi connectivity index (χ1n) is 34.3. The Kier molecular flexibility index (Phi) is 25.4. The smallest absolute Gasteiger partial charge is 0.219 e. The number of halogens is 1. The van der Waals surface area contributed by atoms with Crippen LogP contribution in [0.5, 0.6) is 46.5 Å². The van der Waals surface area contributed by atoms with E-state index in [2.05, 4.69) is 110 Å². The lowest BCUT2D eigenvalue weighted by Gasteiger charge is -2.12. The van der Waals surface area contributed by atoms with E-state index in [0.29, 0.717) is 52.1 Å². The van der Waals surface area contributed by atoms with E-state index in [4.69, 9.17) is 41.9 Å². The van der Waals surface area contributed by atoms with Crippen molar-refractivity contribution in [1.29, 1.82) is 0 Å². The molecule has 0 saturated heterocycles. The number of nitrogens with two attached hydrogens (primary N) is 4. The number of rotatable bonds is 16. The zero-order valence-corrected chi connectivity index (χ0v) is 60.5. The first-order valence-corrected chi connectivity index (χ1v) is 35.1. The fourth-order valence-electron chi connectivity index (χ4n) is 10.7. The minimum Gasteiger partial charge on any atom is -0.439 e. The number of thiazole rings is 1. The minimum atomic E-state index is -0.210. The third-order valence-electron chi connectivity index (χ3n) is 16.8. The Bertz CT molecular complexity index is 5130. The Balaban J connectivity index is 0.000000132. The fourth-order valence-corrected chi connectivity index (χ4v) is 11.3. The molecule has 0 atom stereocenters. The second kappa shape index (κ2) is 36.5. The van der Waals surface area contributed by atoms with Gasteiger partial charge in [-0.25, -0.2) is 24.3 Å². The van der Waals surface area contributed by atoms with Gasteiger partial charge in [-0.2, -0.15) is 0 Å². The molecule has 0 aliphatic rings. The molecule has 0 aliphatic carbocycles. The third-order valence-corrected chi connectivity index (χ3v) is 17.6. The largest absolute Gasteiger partial charge is 0.439 e. The molecule has 0 saturated carbocycles. The molecule has 15 nitrogen and oxygen atoms in total. The lowest BCUT2D eigenvalue weighted by Crippen LogP contribution is -1.95. The predicted molar refractivity (Wildman–Crippen MR) is 428 cm³/mol. The van der Waals surface area contributed by atoms with Gasteiger partial charge in [0.25, 0.3) is 0 Å². The van der Waals surface area contributed by atoms with Crippen molar-refractivity contribution in [1.82, 2.24) is 34.9 Å². The van der Waals surface area contributed by atoms with Crippen LogP contribution in [-0.4, -0.2) is 34.9 Å². The number of benzene rings is 8. The van der Waals surface area contributed by atoms with Crippen LogP contribution in [0.15, 0.2) is 303 Å². The number of aryl methyl sites for hydroxylation is 6. The summed E-state index contributed by atoms with van der Waals surface area (Å²) in [6.45, 7) is 12.0. The monoisotopic (exact) mass is 1420 g/mol. The number of hydrogen-bond donors (Lipinski definition) is 4. The summed E-state index contributed by atoms with van der Waals surface area (Å²) < 4.78 is 35.9. The zero-order chi connectivity index (χ0) is 74.2. The zero-order valence-electron chi connectivity index (χ0n) is 59.6. The van der Waals surface area contributed by atoms with Gasteiger partial charge in [-0.1, -0.05) is 153 Å². The van der Waals surface area contributed by atoms with Gasteiger partial charge >= 0.3 is 0 Å². The maximum atomic E-state index is 12.9. The Labute approximate surface area is 621 Å². The van der Waals surface area contributed by atoms with Crippen molar-refractivity contribution in [2.45, 2.75) is 54.4 Å². The highest BCUT2D eigenvalue weighted by atomic mass is 32.1. The van der Waals surface area contributed by atoms with Crippen molar-refractivity contribution in [3.05, 3.63) is 354 Å². The summed E-state index contributed by atoms with van der Waals surface area (Å²) in [7, 11) is 0. The number of pyridine rings is 6. The van der Waals surface area contributed by atoms with Crippen LogP contribution in [0, 0.1) is 40.4 Å². The van der Waals surface area contributed by atoms with Crippen LogP contribution in [0.2, 0.25) is 0 Å². The van der Waals surface area contributed by atoms with Gasteiger partial charge in [0.1, 0.15) is 28.8 Å². The van der Waals surface area contributed by atoms with Crippen LogP contribution >= 0.6 is 11.3 Å². The van der Waals surface area contributed by atoms with Crippen LogP contribution in [0.1, 0.15) is 51.7 Å².